The summed E-state index contributed by atoms with van der Waals surface area (Å²) in [6.45, 7) is 9.39. The van der Waals surface area contributed by atoms with Crippen molar-refractivity contribution in [3.8, 4) is 5.75 Å². The van der Waals surface area contributed by atoms with Crippen LogP contribution in [0.15, 0.2) is 91.0 Å². The highest BCUT2D eigenvalue weighted by Gasteiger charge is 2.23. The zero-order valence-electron chi connectivity index (χ0n) is 25.4. The van der Waals surface area contributed by atoms with E-state index in [9.17, 15) is 9.18 Å². The fraction of sp³-hybridized carbons (Fsp3) is 0.324. The van der Waals surface area contributed by atoms with E-state index in [2.05, 4.69) is 60.6 Å². The molecule has 1 amide bonds. The van der Waals surface area contributed by atoms with Crippen LogP contribution in [0.1, 0.15) is 72.1 Å². The van der Waals surface area contributed by atoms with E-state index in [4.69, 9.17) is 4.74 Å². The van der Waals surface area contributed by atoms with Crippen molar-refractivity contribution in [1.82, 2.24) is 4.90 Å². The fourth-order valence-electron chi connectivity index (χ4n) is 5.79. The molecule has 0 aliphatic carbocycles. The van der Waals surface area contributed by atoms with E-state index in [0.717, 1.165) is 67.1 Å². The lowest BCUT2D eigenvalue weighted by atomic mass is 9.88. The summed E-state index contributed by atoms with van der Waals surface area (Å²) in [6.07, 6.45) is 3.11. The van der Waals surface area contributed by atoms with Gasteiger partial charge in [-0.2, -0.15) is 0 Å². The van der Waals surface area contributed by atoms with E-state index in [-0.39, 0.29) is 17.8 Å². The van der Waals surface area contributed by atoms with Crippen LogP contribution in [-0.2, 0) is 19.5 Å². The number of likely N-dealkylation sites (tertiary alicyclic amines) is 1. The Hall–Kier alpha value is -4.16. The number of benzene rings is 4. The van der Waals surface area contributed by atoms with Crippen molar-refractivity contribution in [2.24, 2.45) is 0 Å². The largest absolute Gasteiger partial charge is 0.491 e. The third kappa shape index (κ3) is 8.02. The molecular formula is C37H42FN3O2. The first kappa shape index (κ1) is 30.3. The minimum Gasteiger partial charge on any atom is -0.491 e. The molecule has 0 radical (unpaired) electrons. The molecule has 0 unspecified atom stereocenters. The number of ether oxygens (including phenoxy) is 1. The Bertz CT molecular complexity index is 1530. The summed E-state index contributed by atoms with van der Waals surface area (Å²) in [7, 11) is 0. The number of anilines is 2. The maximum Gasteiger partial charge on any atom is 0.255 e. The van der Waals surface area contributed by atoms with Crippen molar-refractivity contribution in [3.05, 3.63) is 125 Å². The van der Waals surface area contributed by atoms with Gasteiger partial charge in [0.2, 0.25) is 0 Å². The van der Waals surface area contributed by atoms with Gasteiger partial charge in [-0.1, -0.05) is 61.5 Å². The molecule has 4 aromatic carbocycles. The number of halogens is 1. The lowest BCUT2D eigenvalue weighted by molar-refractivity contribution is 0.102. The van der Waals surface area contributed by atoms with Crippen LogP contribution in [0.25, 0.3) is 0 Å². The first-order valence-electron chi connectivity index (χ1n) is 15.4. The number of hydrogen-bond donors (Lipinski definition) is 2. The van der Waals surface area contributed by atoms with Crippen molar-refractivity contribution >= 4 is 17.3 Å². The standard InChI is InChI=1S/C37H42FN3O2/c1-4-28-16-17-32(39-24-31-11-5-7-14-34(31)38)23-35(28)40-37(42)30-12-9-10-27(22-30)25-41-20-18-29(19-21-41)33-13-6-8-15-36(33)43-26(2)3/h5-17,22-23,26,29,39H,4,18-21,24-25H2,1-3H3,(H,40,42). The van der Waals surface area contributed by atoms with E-state index in [1.165, 1.54) is 11.6 Å². The predicted octanol–water partition coefficient (Wildman–Crippen LogP) is 8.42. The van der Waals surface area contributed by atoms with Crippen molar-refractivity contribution in [2.45, 2.75) is 65.1 Å². The fourth-order valence-corrected chi connectivity index (χ4v) is 5.79. The Kier molecular flexibility index (Phi) is 10.1. The molecule has 5 rings (SSSR count). The Morgan fingerprint density at radius 1 is 0.930 bits per heavy atom. The second kappa shape index (κ2) is 14.3. The van der Waals surface area contributed by atoms with Gasteiger partial charge in [-0.3, -0.25) is 9.69 Å². The topological polar surface area (TPSA) is 53.6 Å². The summed E-state index contributed by atoms with van der Waals surface area (Å²) in [5, 5.41) is 6.40. The molecule has 6 heteroatoms. The normalized spacial score (nSPS) is 14.1. The maximum absolute atomic E-state index is 14.1. The monoisotopic (exact) mass is 579 g/mol. The molecular weight excluding hydrogens is 537 g/mol. The van der Waals surface area contributed by atoms with Gasteiger partial charge in [-0.15, -0.1) is 0 Å². The third-order valence-electron chi connectivity index (χ3n) is 8.08. The van der Waals surface area contributed by atoms with E-state index in [1.54, 1.807) is 12.1 Å². The van der Waals surface area contributed by atoms with E-state index in [0.29, 0.717) is 23.6 Å². The van der Waals surface area contributed by atoms with Crippen LogP contribution in [0.5, 0.6) is 5.75 Å². The molecule has 0 bridgehead atoms. The molecule has 1 fully saturated rings. The highest BCUT2D eigenvalue weighted by molar-refractivity contribution is 6.05. The van der Waals surface area contributed by atoms with Gasteiger partial charge in [0.15, 0.2) is 0 Å². The lowest BCUT2D eigenvalue weighted by Crippen LogP contribution is -2.32. The van der Waals surface area contributed by atoms with Crippen molar-refractivity contribution in [2.75, 3.05) is 23.7 Å². The average molecular weight is 580 g/mol. The van der Waals surface area contributed by atoms with E-state index in [1.807, 2.05) is 48.5 Å². The van der Waals surface area contributed by atoms with Gasteiger partial charge in [0.05, 0.1) is 6.10 Å². The van der Waals surface area contributed by atoms with Crippen molar-refractivity contribution in [3.63, 3.8) is 0 Å². The van der Waals surface area contributed by atoms with Crippen molar-refractivity contribution < 1.29 is 13.9 Å². The Morgan fingerprint density at radius 2 is 1.70 bits per heavy atom. The summed E-state index contributed by atoms with van der Waals surface area (Å²) in [5.74, 6) is 1.13. The number of para-hydroxylation sites is 1. The molecule has 224 valence electrons. The lowest BCUT2D eigenvalue weighted by Gasteiger charge is -2.33. The molecule has 5 nitrogen and oxygen atoms in total. The number of amides is 1. The summed E-state index contributed by atoms with van der Waals surface area (Å²) >= 11 is 0. The van der Waals surface area contributed by atoms with Crippen LogP contribution in [0, 0.1) is 5.82 Å². The van der Waals surface area contributed by atoms with Crippen LogP contribution < -0.4 is 15.4 Å². The Labute approximate surface area is 255 Å². The zero-order chi connectivity index (χ0) is 30.2. The van der Waals surface area contributed by atoms with Crippen LogP contribution in [0.3, 0.4) is 0 Å². The number of aryl methyl sites for hydroxylation is 1. The van der Waals surface area contributed by atoms with Gasteiger partial charge >= 0.3 is 0 Å². The number of rotatable bonds is 11. The zero-order valence-corrected chi connectivity index (χ0v) is 25.4. The summed E-state index contributed by atoms with van der Waals surface area (Å²) in [4.78, 5) is 15.8. The quantitative estimate of drug-likeness (QED) is 0.187. The third-order valence-corrected chi connectivity index (χ3v) is 8.08. The number of carbonyl (C=O) groups is 1. The first-order valence-corrected chi connectivity index (χ1v) is 15.4. The molecule has 0 aromatic heterocycles. The van der Waals surface area contributed by atoms with Gasteiger partial charge < -0.3 is 15.4 Å². The molecule has 43 heavy (non-hydrogen) atoms. The number of piperidine rings is 1. The molecule has 4 aromatic rings. The Balaban J connectivity index is 1.20. The van der Waals surface area contributed by atoms with Crippen molar-refractivity contribution in [1.29, 1.82) is 0 Å². The molecule has 1 aliphatic heterocycles. The number of carbonyl (C=O) groups excluding carboxylic acids is 1. The number of nitrogens with zero attached hydrogens (tertiary/aromatic N) is 1. The van der Waals surface area contributed by atoms with Crippen LogP contribution in [0.4, 0.5) is 15.8 Å². The Morgan fingerprint density at radius 3 is 2.47 bits per heavy atom. The van der Waals surface area contributed by atoms with Gasteiger partial charge in [-0.25, -0.2) is 4.39 Å². The van der Waals surface area contributed by atoms with Gasteiger partial charge in [0, 0.05) is 35.6 Å². The van der Waals surface area contributed by atoms with Gasteiger partial charge in [-0.05, 0) is 105 Å². The predicted molar refractivity (Wildman–Crippen MR) is 173 cm³/mol. The molecule has 1 aliphatic rings. The second-order valence-electron chi connectivity index (χ2n) is 11.6. The van der Waals surface area contributed by atoms with E-state index < -0.39 is 0 Å². The molecule has 2 N–H and O–H groups in total. The molecule has 0 spiro atoms. The summed E-state index contributed by atoms with van der Waals surface area (Å²) in [6, 6.07) is 29.0. The second-order valence-corrected chi connectivity index (χ2v) is 11.6. The summed E-state index contributed by atoms with van der Waals surface area (Å²) in [5.41, 5.74) is 6.31. The van der Waals surface area contributed by atoms with Crippen LogP contribution in [-0.4, -0.2) is 30.0 Å². The van der Waals surface area contributed by atoms with Crippen LogP contribution >= 0.6 is 0 Å². The molecule has 1 heterocycles. The highest BCUT2D eigenvalue weighted by atomic mass is 19.1. The number of nitrogens with one attached hydrogen (secondary N) is 2. The SMILES string of the molecule is CCc1ccc(NCc2ccccc2F)cc1NC(=O)c1cccc(CN2CCC(c3ccccc3OC(C)C)CC2)c1. The van der Waals surface area contributed by atoms with E-state index >= 15 is 0 Å². The minimum absolute atomic E-state index is 0.136. The van der Waals surface area contributed by atoms with Gasteiger partial charge in [0.1, 0.15) is 11.6 Å². The number of hydrogen-bond acceptors (Lipinski definition) is 4. The minimum atomic E-state index is -0.237. The average Bonchev–Trinajstić information content (AvgIpc) is 3.01. The van der Waals surface area contributed by atoms with Gasteiger partial charge in [0.25, 0.3) is 5.91 Å². The smallest absolute Gasteiger partial charge is 0.255 e. The molecule has 1 saturated heterocycles. The van der Waals surface area contributed by atoms with Crippen LogP contribution in [0.2, 0.25) is 0 Å². The molecule has 0 saturated carbocycles. The first-order chi connectivity index (χ1) is 20.9. The maximum atomic E-state index is 14.1. The highest BCUT2D eigenvalue weighted by Crippen LogP contribution is 2.35. The summed E-state index contributed by atoms with van der Waals surface area (Å²) < 4.78 is 20.2. The molecule has 0 atom stereocenters.